The minimum atomic E-state index is -0.664. The van der Waals surface area contributed by atoms with Gasteiger partial charge in [-0.05, 0) is 25.1 Å². The lowest BCUT2D eigenvalue weighted by Crippen LogP contribution is -1.95. The molecule has 0 aromatic heterocycles. The van der Waals surface area contributed by atoms with Gasteiger partial charge >= 0.3 is 0 Å². The SMILES string of the molecule is CON=C(C)c1ccc(O)c(F)c1. The Morgan fingerprint density at radius 3 is 2.77 bits per heavy atom. The van der Waals surface area contributed by atoms with Crippen LogP contribution < -0.4 is 0 Å². The summed E-state index contributed by atoms with van der Waals surface area (Å²) < 4.78 is 12.8. The zero-order valence-electron chi connectivity index (χ0n) is 7.41. The molecule has 1 rings (SSSR count). The van der Waals surface area contributed by atoms with Crippen molar-refractivity contribution in [2.75, 3.05) is 7.11 Å². The molecule has 1 aromatic rings. The van der Waals surface area contributed by atoms with Crippen LogP contribution in [0.2, 0.25) is 0 Å². The van der Waals surface area contributed by atoms with Crippen LogP contribution in [0.5, 0.6) is 5.75 Å². The maximum atomic E-state index is 12.8. The summed E-state index contributed by atoms with van der Waals surface area (Å²) in [6.07, 6.45) is 0. The third kappa shape index (κ3) is 2.18. The van der Waals surface area contributed by atoms with E-state index in [0.29, 0.717) is 11.3 Å². The summed E-state index contributed by atoms with van der Waals surface area (Å²) in [5, 5.41) is 12.5. The third-order valence-corrected chi connectivity index (χ3v) is 1.59. The van der Waals surface area contributed by atoms with E-state index in [1.165, 1.54) is 19.2 Å². The number of aromatic hydroxyl groups is 1. The molecule has 0 aliphatic heterocycles. The first-order chi connectivity index (χ1) is 6.15. The van der Waals surface area contributed by atoms with Gasteiger partial charge in [-0.2, -0.15) is 0 Å². The van der Waals surface area contributed by atoms with Crippen LogP contribution >= 0.6 is 0 Å². The van der Waals surface area contributed by atoms with Crippen molar-refractivity contribution in [1.29, 1.82) is 0 Å². The van der Waals surface area contributed by atoms with E-state index in [1.54, 1.807) is 13.0 Å². The smallest absolute Gasteiger partial charge is 0.165 e. The first-order valence-electron chi connectivity index (χ1n) is 3.72. The molecule has 70 valence electrons. The first-order valence-corrected chi connectivity index (χ1v) is 3.72. The topological polar surface area (TPSA) is 41.8 Å². The molecule has 0 heterocycles. The summed E-state index contributed by atoms with van der Waals surface area (Å²) >= 11 is 0. The number of hydrogen-bond donors (Lipinski definition) is 1. The summed E-state index contributed by atoms with van der Waals surface area (Å²) in [5.41, 5.74) is 1.14. The molecule has 0 saturated heterocycles. The predicted octanol–water partition coefficient (Wildman–Crippen LogP) is 1.90. The maximum absolute atomic E-state index is 12.8. The Balaban J connectivity index is 3.04. The van der Waals surface area contributed by atoms with Gasteiger partial charge in [-0.15, -0.1) is 0 Å². The quantitative estimate of drug-likeness (QED) is 0.562. The number of rotatable bonds is 2. The Labute approximate surface area is 75.4 Å². The average Bonchev–Trinajstić information content (AvgIpc) is 2.10. The van der Waals surface area contributed by atoms with Crippen LogP contribution in [0.25, 0.3) is 0 Å². The molecule has 1 aromatic carbocycles. The van der Waals surface area contributed by atoms with Gasteiger partial charge in [0.15, 0.2) is 11.6 Å². The van der Waals surface area contributed by atoms with E-state index < -0.39 is 5.82 Å². The van der Waals surface area contributed by atoms with E-state index in [2.05, 4.69) is 9.99 Å². The second kappa shape index (κ2) is 3.89. The van der Waals surface area contributed by atoms with Crippen molar-refractivity contribution in [2.24, 2.45) is 5.16 Å². The lowest BCUT2D eigenvalue weighted by molar-refractivity contribution is 0.213. The Kier molecular flexibility index (Phi) is 2.84. The highest BCUT2D eigenvalue weighted by atomic mass is 19.1. The molecular formula is C9H10FNO2. The minimum Gasteiger partial charge on any atom is -0.505 e. The molecule has 0 atom stereocenters. The molecule has 0 saturated carbocycles. The van der Waals surface area contributed by atoms with E-state index in [9.17, 15) is 4.39 Å². The number of benzene rings is 1. The van der Waals surface area contributed by atoms with Crippen molar-refractivity contribution < 1.29 is 14.3 Å². The van der Waals surface area contributed by atoms with Crippen molar-refractivity contribution in [3.63, 3.8) is 0 Å². The highest BCUT2D eigenvalue weighted by molar-refractivity contribution is 5.98. The van der Waals surface area contributed by atoms with Crippen LogP contribution in [0.4, 0.5) is 4.39 Å². The summed E-state index contributed by atoms with van der Waals surface area (Å²) in [5.74, 6) is -1.03. The average molecular weight is 183 g/mol. The minimum absolute atomic E-state index is 0.367. The van der Waals surface area contributed by atoms with Crippen LogP contribution in [0, 0.1) is 5.82 Å². The first kappa shape index (κ1) is 9.51. The molecule has 0 aliphatic rings. The lowest BCUT2D eigenvalue weighted by Gasteiger charge is -2.00. The van der Waals surface area contributed by atoms with E-state index in [1.807, 2.05) is 0 Å². The lowest BCUT2D eigenvalue weighted by atomic mass is 10.1. The number of phenolic OH excluding ortho intramolecular Hbond substituents is 1. The summed E-state index contributed by atoms with van der Waals surface area (Å²) in [6.45, 7) is 1.69. The van der Waals surface area contributed by atoms with Crippen LogP contribution in [0.1, 0.15) is 12.5 Å². The zero-order chi connectivity index (χ0) is 9.84. The second-order valence-electron chi connectivity index (χ2n) is 2.53. The summed E-state index contributed by atoms with van der Waals surface area (Å²) in [6, 6.07) is 4.04. The van der Waals surface area contributed by atoms with Crippen molar-refractivity contribution in [1.82, 2.24) is 0 Å². The number of halogens is 1. The van der Waals surface area contributed by atoms with Crippen molar-refractivity contribution in [2.45, 2.75) is 6.92 Å². The number of oxime groups is 1. The van der Waals surface area contributed by atoms with Crippen LogP contribution in [-0.2, 0) is 4.84 Å². The van der Waals surface area contributed by atoms with E-state index in [-0.39, 0.29) is 5.75 Å². The largest absolute Gasteiger partial charge is 0.505 e. The van der Waals surface area contributed by atoms with Crippen molar-refractivity contribution in [3.8, 4) is 5.75 Å². The fraction of sp³-hybridized carbons (Fsp3) is 0.222. The second-order valence-corrected chi connectivity index (χ2v) is 2.53. The van der Waals surface area contributed by atoms with Gasteiger partial charge in [-0.3, -0.25) is 0 Å². The maximum Gasteiger partial charge on any atom is 0.165 e. The molecule has 3 nitrogen and oxygen atoms in total. The Morgan fingerprint density at radius 1 is 1.54 bits per heavy atom. The Hall–Kier alpha value is -1.58. The van der Waals surface area contributed by atoms with Crippen LogP contribution in [-0.4, -0.2) is 17.9 Å². The standard InChI is InChI=1S/C9H10FNO2/c1-6(11-13-2)7-3-4-9(12)8(10)5-7/h3-5,12H,1-2H3. The van der Waals surface area contributed by atoms with Crippen LogP contribution in [0.15, 0.2) is 23.4 Å². The van der Waals surface area contributed by atoms with Gasteiger partial charge in [0, 0.05) is 5.56 Å². The number of hydrogen-bond acceptors (Lipinski definition) is 3. The highest BCUT2D eigenvalue weighted by Crippen LogP contribution is 2.16. The molecular weight excluding hydrogens is 173 g/mol. The summed E-state index contributed by atoms with van der Waals surface area (Å²) in [4.78, 5) is 4.53. The molecule has 0 bridgehead atoms. The molecule has 0 fully saturated rings. The fourth-order valence-electron chi connectivity index (χ4n) is 0.922. The molecule has 1 N–H and O–H groups in total. The number of phenols is 1. The van der Waals surface area contributed by atoms with Gasteiger partial charge in [0.25, 0.3) is 0 Å². The van der Waals surface area contributed by atoms with Gasteiger partial charge < -0.3 is 9.94 Å². The van der Waals surface area contributed by atoms with Crippen LogP contribution in [0.3, 0.4) is 0 Å². The molecule has 0 radical (unpaired) electrons. The van der Waals surface area contributed by atoms with Gasteiger partial charge in [0.2, 0.25) is 0 Å². The van der Waals surface area contributed by atoms with E-state index in [0.717, 1.165) is 0 Å². The Bertz CT molecular complexity index is 336. The van der Waals surface area contributed by atoms with Gasteiger partial charge in [-0.1, -0.05) is 5.16 Å². The molecule has 0 amide bonds. The third-order valence-electron chi connectivity index (χ3n) is 1.59. The molecule has 0 spiro atoms. The summed E-state index contributed by atoms with van der Waals surface area (Å²) in [7, 11) is 1.42. The molecule has 13 heavy (non-hydrogen) atoms. The Morgan fingerprint density at radius 2 is 2.23 bits per heavy atom. The van der Waals surface area contributed by atoms with Crippen molar-refractivity contribution >= 4 is 5.71 Å². The van der Waals surface area contributed by atoms with Crippen molar-refractivity contribution in [3.05, 3.63) is 29.6 Å². The molecule has 0 aliphatic carbocycles. The predicted molar refractivity (Wildman–Crippen MR) is 47.3 cm³/mol. The van der Waals surface area contributed by atoms with E-state index in [4.69, 9.17) is 5.11 Å². The van der Waals surface area contributed by atoms with Gasteiger partial charge in [-0.25, -0.2) is 4.39 Å². The number of nitrogens with zero attached hydrogens (tertiary/aromatic N) is 1. The molecule has 0 unspecified atom stereocenters. The molecule has 4 heteroatoms. The van der Waals surface area contributed by atoms with Gasteiger partial charge in [0.1, 0.15) is 7.11 Å². The van der Waals surface area contributed by atoms with Gasteiger partial charge in [0.05, 0.1) is 5.71 Å². The zero-order valence-corrected chi connectivity index (χ0v) is 7.41. The fourth-order valence-corrected chi connectivity index (χ4v) is 0.922. The normalized spacial score (nSPS) is 11.5. The monoisotopic (exact) mass is 183 g/mol. The van der Waals surface area contributed by atoms with E-state index >= 15 is 0 Å². The highest BCUT2D eigenvalue weighted by Gasteiger charge is 2.03.